The summed E-state index contributed by atoms with van der Waals surface area (Å²) in [5.41, 5.74) is 20.8. The molecule has 2 N–H and O–H groups in total. The van der Waals surface area contributed by atoms with E-state index < -0.39 is 24.6 Å². The zero-order valence-electron chi connectivity index (χ0n) is 56.7. The molecular formula is C84H70F9N7O5. The molecule has 12 aromatic rings. The molecule has 0 aliphatic carbocycles. The Balaban J connectivity index is 0.000000122. The highest BCUT2D eigenvalue weighted by atomic mass is 19.4. The number of hydrogen-bond acceptors (Lipinski definition) is 9. The predicted molar refractivity (Wildman–Crippen MR) is 388 cm³/mol. The van der Waals surface area contributed by atoms with Crippen molar-refractivity contribution < 1.29 is 63.9 Å². The fourth-order valence-electron chi connectivity index (χ4n) is 15.9. The highest BCUT2D eigenvalue weighted by Gasteiger charge is 2.41. The molecule has 6 aliphatic heterocycles. The third-order valence-electron chi connectivity index (χ3n) is 21.0. The Morgan fingerprint density at radius 1 is 0.362 bits per heavy atom. The van der Waals surface area contributed by atoms with Crippen LogP contribution in [0.15, 0.2) is 197 Å². The van der Waals surface area contributed by atoms with E-state index in [0.717, 1.165) is 170 Å². The van der Waals surface area contributed by atoms with Gasteiger partial charge in [0, 0.05) is 155 Å². The molecular weight excluding hydrogens is 1360 g/mol. The second kappa shape index (κ2) is 28.6. The molecule has 3 saturated heterocycles. The van der Waals surface area contributed by atoms with Crippen LogP contribution in [0.5, 0.6) is 0 Å². The van der Waals surface area contributed by atoms with E-state index >= 15 is 0 Å². The van der Waals surface area contributed by atoms with Gasteiger partial charge >= 0.3 is 12.4 Å². The Hall–Kier alpha value is -10.3. The zero-order chi connectivity index (χ0) is 72.3. The Morgan fingerprint density at radius 3 is 0.914 bits per heavy atom. The lowest BCUT2D eigenvalue weighted by molar-refractivity contribution is -0.207. The summed E-state index contributed by atoms with van der Waals surface area (Å²) >= 11 is 0. The summed E-state index contributed by atoms with van der Waals surface area (Å²) in [5.74, 6) is -0.275. The summed E-state index contributed by atoms with van der Waals surface area (Å²) in [7, 11) is 0. The Labute approximate surface area is 598 Å². The van der Waals surface area contributed by atoms with E-state index in [1.807, 2.05) is 43.2 Å². The summed E-state index contributed by atoms with van der Waals surface area (Å²) in [6.07, 6.45) is -0.140. The first kappa shape index (κ1) is 69.1. The van der Waals surface area contributed by atoms with Crippen molar-refractivity contribution in [3.05, 3.63) is 261 Å². The number of ether oxygens (including phenoxy) is 3. The molecule has 18 rings (SSSR count). The summed E-state index contributed by atoms with van der Waals surface area (Å²) in [5, 5.41) is 22.6. The molecule has 8 aromatic carbocycles. The largest absolute Gasteiger partial charge is 0.418 e. The van der Waals surface area contributed by atoms with Crippen LogP contribution in [0.1, 0.15) is 130 Å². The number of rotatable bonds is 11. The van der Waals surface area contributed by atoms with Crippen LogP contribution in [0.3, 0.4) is 0 Å². The fraction of sp³-hybridized carbons (Fsp3) is 0.262. The van der Waals surface area contributed by atoms with E-state index in [9.17, 15) is 49.7 Å². The lowest BCUT2D eigenvalue weighted by Crippen LogP contribution is -2.20. The van der Waals surface area contributed by atoms with Crippen LogP contribution < -0.4 is 0 Å². The zero-order valence-corrected chi connectivity index (χ0v) is 56.7. The van der Waals surface area contributed by atoms with Gasteiger partial charge in [-0.3, -0.25) is 20.0 Å². The average Bonchev–Trinajstić information content (AvgIpc) is 1.59. The quantitative estimate of drug-likeness (QED) is 0.124. The van der Waals surface area contributed by atoms with Crippen LogP contribution in [0.2, 0.25) is 0 Å². The van der Waals surface area contributed by atoms with E-state index in [4.69, 9.17) is 14.2 Å². The molecule has 0 bridgehead atoms. The minimum atomic E-state index is -4.74. The molecule has 0 saturated carbocycles. The molecule has 2 unspecified atom stereocenters. The topological polar surface area (TPSA) is 133 Å². The lowest BCUT2D eigenvalue weighted by Gasteiger charge is -2.26. The maximum absolute atomic E-state index is 13.9. The summed E-state index contributed by atoms with van der Waals surface area (Å²) in [6, 6.07) is 48.4. The normalized spacial score (nSPS) is 16.7. The first-order valence-corrected chi connectivity index (χ1v) is 35.2. The standard InChI is InChI=1S/2C29H24F4N2O2.C26H22FN3O/c2*30-22-5-7-23(8-6-22)35-25-14-21-16-34-15-20(21)13-24(25)26(27(35)18-9-11-37-12-10-18)17-1-3-19(4-2-17)28(36)29(31,32)33;27-21-1-3-22(4-2-21)30-24-14-20-16-29-15-19(20)13-23(24)25(17-5-9-28-10-6-17)26(30)18-7-11-31-12-8-18/h2*1-8,13-14,16,18,28,36H,9-12,15H2;1-6,9-10,13-14,16,18H,7-8,11-12,15H2. The number of aliphatic hydroxyl groups excluding tert-OH is 2. The van der Waals surface area contributed by atoms with E-state index in [1.165, 1.54) is 82.9 Å². The maximum Gasteiger partial charge on any atom is 0.418 e. The first-order valence-electron chi connectivity index (χ1n) is 35.2. The third kappa shape index (κ3) is 13.5. The number of hydrogen-bond donors (Lipinski definition) is 2. The number of aliphatic imine (C=N–C) groups is 3. The molecule has 2 atom stereocenters. The molecule has 3 fully saturated rings. The van der Waals surface area contributed by atoms with Gasteiger partial charge in [0.1, 0.15) is 17.5 Å². The van der Waals surface area contributed by atoms with E-state index in [-0.39, 0.29) is 40.4 Å². The van der Waals surface area contributed by atoms with Crippen molar-refractivity contribution in [1.82, 2.24) is 18.7 Å². The number of aliphatic hydroxyl groups is 2. The van der Waals surface area contributed by atoms with E-state index in [1.54, 1.807) is 48.5 Å². The van der Waals surface area contributed by atoms with Crippen molar-refractivity contribution in [2.75, 3.05) is 39.6 Å². The molecule has 10 heterocycles. The Kier molecular flexibility index (Phi) is 18.8. The molecule has 0 spiro atoms. The van der Waals surface area contributed by atoms with Gasteiger partial charge in [-0.05, 0) is 221 Å². The van der Waals surface area contributed by atoms with Crippen molar-refractivity contribution >= 4 is 51.4 Å². The van der Waals surface area contributed by atoms with Crippen LogP contribution in [0.25, 0.3) is 83.2 Å². The van der Waals surface area contributed by atoms with Gasteiger partial charge in [0.2, 0.25) is 0 Å². The minimum absolute atomic E-state index is 0.130. The van der Waals surface area contributed by atoms with Crippen molar-refractivity contribution in [2.45, 2.75) is 100 Å². The van der Waals surface area contributed by atoms with Crippen molar-refractivity contribution in [1.29, 1.82) is 0 Å². The molecule has 534 valence electrons. The summed E-state index contributed by atoms with van der Waals surface area (Å²) in [6.45, 7) is 5.79. The molecule has 21 heteroatoms. The predicted octanol–water partition coefficient (Wildman–Crippen LogP) is 19.4. The maximum atomic E-state index is 13.9. The molecule has 12 nitrogen and oxygen atoms in total. The van der Waals surface area contributed by atoms with Crippen LogP contribution in [0.4, 0.5) is 39.5 Å². The van der Waals surface area contributed by atoms with Gasteiger partial charge in [0.15, 0.2) is 12.2 Å². The van der Waals surface area contributed by atoms with Crippen LogP contribution in [0, 0.1) is 17.5 Å². The average molecular weight is 1430 g/mol. The van der Waals surface area contributed by atoms with E-state index in [2.05, 4.69) is 82.2 Å². The highest BCUT2D eigenvalue weighted by Crippen LogP contribution is 2.50. The van der Waals surface area contributed by atoms with Crippen molar-refractivity contribution in [3.8, 4) is 50.4 Å². The number of halogens is 9. The third-order valence-corrected chi connectivity index (χ3v) is 21.0. The number of benzene rings is 8. The second-order valence-corrected chi connectivity index (χ2v) is 27.4. The van der Waals surface area contributed by atoms with Crippen LogP contribution in [-0.2, 0) is 33.8 Å². The van der Waals surface area contributed by atoms with Crippen LogP contribution in [-0.4, -0.2) is 99.5 Å². The molecule has 0 amide bonds. The summed E-state index contributed by atoms with van der Waals surface area (Å²) in [4.78, 5) is 17.5. The van der Waals surface area contributed by atoms with Crippen molar-refractivity contribution in [2.24, 2.45) is 15.0 Å². The van der Waals surface area contributed by atoms with Crippen LogP contribution >= 0.6 is 0 Å². The first-order chi connectivity index (χ1) is 50.9. The van der Waals surface area contributed by atoms with Gasteiger partial charge < -0.3 is 38.1 Å². The minimum Gasteiger partial charge on any atom is -0.381 e. The number of aromatic nitrogens is 4. The van der Waals surface area contributed by atoms with Crippen molar-refractivity contribution in [3.63, 3.8) is 0 Å². The Bertz CT molecular complexity index is 5070. The fourth-order valence-corrected chi connectivity index (χ4v) is 15.9. The van der Waals surface area contributed by atoms with Gasteiger partial charge in [-0.1, -0.05) is 48.5 Å². The number of fused-ring (bicyclic) bond motifs is 6. The SMILES string of the molecule is Fc1ccc(-n2c(C3CCOCC3)c(-c3ccncc3)c3cc4c(cc32)C=NC4)cc1.OC(c1ccc(-c2c(C3CCOCC3)n(-c3ccc(F)cc3)c3cc4c(cc23)CN=C4)cc1)C(F)(F)F.OC(c1ccc(-c2c(C3CCOCC3)n(-c3ccc(F)cc3)c3cc4c(cc23)CN=C4)cc1)C(F)(F)F. The number of alkyl halides is 6. The molecule has 4 aromatic heterocycles. The summed E-state index contributed by atoms with van der Waals surface area (Å²) < 4.78 is 144. The van der Waals surface area contributed by atoms with Gasteiger partial charge in [0.05, 0.1) is 36.2 Å². The smallest absolute Gasteiger partial charge is 0.381 e. The van der Waals surface area contributed by atoms with Gasteiger partial charge in [-0.2, -0.15) is 26.3 Å². The highest BCUT2D eigenvalue weighted by molar-refractivity contribution is 6.06. The second-order valence-electron chi connectivity index (χ2n) is 27.4. The number of pyridine rings is 1. The van der Waals surface area contributed by atoms with Gasteiger partial charge in [-0.15, -0.1) is 0 Å². The Morgan fingerprint density at radius 2 is 0.638 bits per heavy atom. The molecule has 6 aliphatic rings. The monoisotopic (exact) mass is 1430 g/mol. The van der Waals surface area contributed by atoms with Gasteiger partial charge in [-0.25, -0.2) is 13.2 Å². The molecule has 105 heavy (non-hydrogen) atoms. The van der Waals surface area contributed by atoms with Gasteiger partial charge in [0.25, 0.3) is 0 Å². The lowest BCUT2D eigenvalue weighted by atomic mass is 9.89. The molecule has 0 radical (unpaired) electrons. The van der Waals surface area contributed by atoms with E-state index in [0.29, 0.717) is 45.4 Å². The number of nitrogens with zero attached hydrogens (tertiary/aromatic N) is 7.